The Morgan fingerprint density at radius 2 is 1.86 bits per heavy atom. The van der Waals surface area contributed by atoms with Crippen LogP contribution < -0.4 is 16.4 Å². The Balaban J connectivity index is 2.91. The van der Waals surface area contributed by atoms with E-state index in [1.54, 1.807) is 19.1 Å². The molecular formula is C13H20N4O4S. The number of nitrogens with one attached hydrogen (secondary N) is 2. The number of carbonyl (C=O) groups is 2. The van der Waals surface area contributed by atoms with Crippen molar-refractivity contribution < 1.29 is 18.0 Å². The summed E-state index contributed by atoms with van der Waals surface area (Å²) in [6, 6.07) is 4.57. The molecule has 0 fully saturated rings. The lowest BCUT2D eigenvalue weighted by Crippen LogP contribution is -2.36. The van der Waals surface area contributed by atoms with Crippen molar-refractivity contribution in [2.45, 2.75) is 11.8 Å². The van der Waals surface area contributed by atoms with Gasteiger partial charge in [-0.15, -0.1) is 0 Å². The molecule has 1 aromatic rings. The van der Waals surface area contributed by atoms with Gasteiger partial charge in [0.05, 0.1) is 18.0 Å². The number of carbonyl (C=O) groups excluding carboxylic acids is 2. The maximum Gasteiger partial charge on any atom is 0.243 e. The quantitative estimate of drug-likeness (QED) is 0.635. The summed E-state index contributed by atoms with van der Waals surface area (Å²) < 4.78 is 25.5. The Morgan fingerprint density at radius 1 is 1.23 bits per heavy atom. The van der Waals surface area contributed by atoms with Crippen molar-refractivity contribution in [2.75, 3.05) is 32.5 Å². The monoisotopic (exact) mass is 328 g/mol. The zero-order chi connectivity index (χ0) is 16.9. The number of sulfonamides is 1. The highest BCUT2D eigenvalue weighted by Crippen LogP contribution is 2.22. The second kappa shape index (κ2) is 7.34. The van der Waals surface area contributed by atoms with Gasteiger partial charge in [0.1, 0.15) is 0 Å². The number of nitrogens with zero attached hydrogens (tertiary/aromatic N) is 1. The van der Waals surface area contributed by atoms with Crippen LogP contribution in [0, 0.1) is 6.92 Å². The minimum atomic E-state index is -3.60. The summed E-state index contributed by atoms with van der Waals surface area (Å²) in [6.07, 6.45) is 0. The molecule has 0 unspecified atom stereocenters. The molecule has 0 heterocycles. The highest BCUT2D eigenvalue weighted by atomic mass is 32.2. The number of benzene rings is 1. The van der Waals surface area contributed by atoms with Crippen LogP contribution in [0.3, 0.4) is 0 Å². The lowest BCUT2D eigenvalue weighted by atomic mass is 10.2. The molecule has 22 heavy (non-hydrogen) atoms. The number of amides is 2. The summed E-state index contributed by atoms with van der Waals surface area (Å²) in [6.45, 7) is 1.23. The number of hydrogen-bond donors (Lipinski definition) is 3. The van der Waals surface area contributed by atoms with Crippen LogP contribution in [-0.4, -0.2) is 51.7 Å². The predicted octanol–water partition coefficient (Wildman–Crippen LogP) is -0.741. The molecular weight excluding hydrogens is 308 g/mol. The van der Waals surface area contributed by atoms with E-state index in [9.17, 15) is 18.0 Å². The number of nitrogens with two attached hydrogens (primary N) is 1. The molecule has 0 bridgehead atoms. The summed E-state index contributed by atoms with van der Waals surface area (Å²) in [7, 11) is -0.734. The Bertz CT molecular complexity index is 671. The van der Waals surface area contributed by atoms with Crippen LogP contribution in [0.25, 0.3) is 0 Å². The fraction of sp³-hybridized carbons (Fsp3) is 0.385. The molecule has 0 aliphatic rings. The van der Waals surface area contributed by atoms with E-state index in [2.05, 4.69) is 10.6 Å². The lowest BCUT2D eigenvalue weighted by Gasteiger charge is -2.15. The Hall–Kier alpha value is -1.97. The second-order valence-corrected chi connectivity index (χ2v) is 6.92. The molecule has 8 nitrogen and oxygen atoms in total. The van der Waals surface area contributed by atoms with E-state index in [0.29, 0.717) is 11.3 Å². The van der Waals surface area contributed by atoms with E-state index in [1.807, 2.05) is 0 Å². The van der Waals surface area contributed by atoms with E-state index in [0.717, 1.165) is 4.31 Å². The van der Waals surface area contributed by atoms with Crippen LogP contribution in [0.5, 0.6) is 0 Å². The van der Waals surface area contributed by atoms with Gasteiger partial charge in [0.15, 0.2) is 0 Å². The van der Waals surface area contributed by atoms with E-state index < -0.39 is 21.8 Å². The first-order valence-electron chi connectivity index (χ1n) is 6.48. The van der Waals surface area contributed by atoms with Crippen molar-refractivity contribution in [3.8, 4) is 0 Å². The zero-order valence-corrected chi connectivity index (χ0v) is 13.5. The van der Waals surface area contributed by atoms with Gasteiger partial charge in [-0.1, -0.05) is 6.07 Å². The van der Waals surface area contributed by atoms with Crippen LogP contribution >= 0.6 is 0 Å². The molecule has 0 spiro atoms. The largest absolute Gasteiger partial charge is 0.346 e. The molecule has 0 aromatic heterocycles. The van der Waals surface area contributed by atoms with Crippen LogP contribution in [0.15, 0.2) is 23.1 Å². The number of rotatable bonds is 6. The first-order valence-corrected chi connectivity index (χ1v) is 7.92. The smallest absolute Gasteiger partial charge is 0.243 e. The fourth-order valence-electron chi connectivity index (χ4n) is 1.61. The summed E-state index contributed by atoms with van der Waals surface area (Å²) in [4.78, 5) is 22.8. The molecule has 0 aliphatic heterocycles. The summed E-state index contributed by atoms with van der Waals surface area (Å²) in [5, 5.41) is 4.85. The normalized spacial score (nSPS) is 11.3. The van der Waals surface area contributed by atoms with Gasteiger partial charge in [0.2, 0.25) is 21.8 Å². The van der Waals surface area contributed by atoms with Crippen molar-refractivity contribution in [1.82, 2.24) is 9.62 Å². The lowest BCUT2D eigenvalue weighted by molar-refractivity contribution is -0.123. The van der Waals surface area contributed by atoms with E-state index in [1.165, 1.54) is 20.2 Å². The first-order chi connectivity index (χ1) is 10.2. The highest BCUT2D eigenvalue weighted by molar-refractivity contribution is 7.89. The number of anilines is 1. The highest BCUT2D eigenvalue weighted by Gasteiger charge is 2.20. The Labute approximate surface area is 129 Å². The minimum Gasteiger partial charge on any atom is -0.346 e. The van der Waals surface area contributed by atoms with E-state index in [4.69, 9.17) is 5.73 Å². The molecule has 1 aromatic carbocycles. The topological polar surface area (TPSA) is 122 Å². The van der Waals surface area contributed by atoms with Crippen molar-refractivity contribution in [3.05, 3.63) is 23.8 Å². The summed E-state index contributed by atoms with van der Waals surface area (Å²) >= 11 is 0. The van der Waals surface area contributed by atoms with Crippen LogP contribution in [0.1, 0.15) is 5.56 Å². The van der Waals surface area contributed by atoms with Gasteiger partial charge in [-0.05, 0) is 24.6 Å². The maximum atomic E-state index is 12.2. The average Bonchev–Trinajstić information content (AvgIpc) is 2.46. The molecule has 2 amide bonds. The third kappa shape index (κ3) is 4.52. The number of hydrogen-bond acceptors (Lipinski definition) is 5. The maximum absolute atomic E-state index is 12.2. The molecule has 0 atom stereocenters. The molecule has 1 rings (SSSR count). The summed E-state index contributed by atoms with van der Waals surface area (Å²) in [5.41, 5.74) is 6.01. The van der Waals surface area contributed by atoms with Crippen molar-refractivity contribution in [2.24, 2.45) is 5.73 Å². The van der Waals surface area contributed by atoms with Crippen LogP contribution in [-0.2, 0) is 19.6 Å². The van der Waals surface area contributed by atoms with Gasteiger partial charge in [0.25, 0.3) is 0 Å². The minimum absolute atomic E-state index is 0.112. The van der Waals surface area contributed by atoms with E-state index >= 15 is 0 Å². The standard InChI is InChI=1S/C13H20N4O4S/c1-9-4-5-10(6-11(9)22(20,21)17(2)3)16-13(19)8-15-12(18)7-14/h4-6H,7-8,14H2,1-3H3,(H,15,18)(H,16,19). The van der Waals surface area contributed by atoms with E-state index in [-0.39, 0.29) is 18.0 Å². The molecule has 0 radical (unpaired) electrons. The Kier molecular flexibility index (Phi) is 6.03. The van der Waals surface area contributed by atoms with Gasteiger partial charge < -0.3 is 16.4 Å². The third-order valence-corrected chi connectivity index (χ3v) is 4.82. The second-order valence-electron chi connectivity index (χ2n) is 4.80. The fourth-order valence-corrected chi connectivity index (χ4v) is 2.75. The molecule has 9 heteroatoms. The van der Waals surface area contributed by atoms with Crippen molar-refractivity contribution >= 4 is 27.5 Å². The number of aryl methyl sites for hydroxylation is 1. The third-order valence-electron chi connectivity index (χ3n) is 2.86. The molecule has 0 aliphatic carbocycles. The molecule has 0 saturated carbocycles. The Morgan fingerprint density at radius 3 is 2.41 bits per heavy atom. The van der Waals surface area contributed by atoms with Crippen LogP contribution in [0.4, 0.5) is 5.69 Å². The van der Waals surface area contributed by atoms with Gasteiger partial charge in [0, 0.05) is 19.8 Å². The predicted molar refractivity (Wildman–Crippen MR) is 82.7 cm³/mol. The van der Waals surface area contributed by atoms with Gasteiger partial charge in [-0.2, -0.15) is 0 Å². The molecule has 122 valence electrons. The summed E-state index contributed by atoms with van der Waals surface area (Å²) in [5.74, 6) is -0.922. The van der Waals surface area contributed by atoms with Gasteiger partial charge in [-0.25, -0.2) is 12.7 Å². The molecule has 4 N–H and O–H groups in total. The molecule has 0 saturated heterocycles. The van der Waals surface area contributed by atoms with Crippen molar-refractivity contribution in [3.63, 3.8) is 0 Å². The van der Waals surface area contributed by atoms with Crippen molar-refractivity contribution in [1.29, 1.82) is 0 Å². The van der Waals surface area contributed by atoms with Crippen LogP contribution in [0.2, 0.25) is 0 Å². The zero-order valence-electron chi connectivity index (χ0n) is 12.7. The first kappa shape index (κ1) is 18.1. The average molecular weight is 328 g/mol. The van der Waals surface area contributed by atoms with Gasteiger partial charge >= 0.3 is 0 Å². The van der Waals surface area contributed by atoms with Gasteiger partial charge in [-0.3, -0.25) is 9.59 Å². The SMILES string of the molecule is Cc1ccc(NC(=O)CNC(=O)CN)cc1S(=O)(=O)N(C)C.